The molecule has 1 aliphatic heterocycles. The maximum Gasteiger partial charge on any atom is 0.309 e. The number of aromatic nitrogens is 2. The van der Waals surface area contributed by atoms with Crippen LogP contribution in [-0.4, -0.2) is 35.6 Å². The maximum absolute atomic E-state index is 11.7. The summed E-state index contributed by atoms with van der Waals surface area (Å²) >= 11 is 0. The van der Waals surface area contributed by atoms with E-state index in [2.05, 4.69) is 16.9 Å². The molecule has 116 valence electrons. The molecule has 0 radical (unpaired) electrons. The minimum Gasteiger partial charge on any atom is -0.466 e. The van der Waals surface area contributed by atoms with Gasteiger partial charge < -0.3 is 9.64 Å². The monoisotopic (exact) mass is 293 g/mol. The lowest BCUT2D eigenvalue weighted by Gasteiger charge is -2.31. The Morgan fingerprint density at radius 1 is 1.43 bits per heavy atom. The Balaban J connectivity index is 2.02. The van der Waals surface area contributed by atoms with Gasteiger partial charge in [0.15, 0.2) is 0 Å². The van der Waals surface area contributed by atoms with Crippen molar-refractivity contribution in [3.05, 3.63) is 22.1 Å². The van der Waals surface area contributed by atoms with E-state index in [-0.39, 0.29) is 17.4 Å². The van der Waals surface area contributed by atoms with Crippen LogP contribution in [0.3, 0.4) is 0 Å². The highest BCUT2D eigenvalue weighted by Gasteiger charge is 2.27. The van der Waals surface area contributed by atoms with Crippen LogP contribution in [0.2, 0.25) is 0 Å². The van der Waals surface area contributed by atoms with E-state index in [4.69, 9.17) is 4.74 Å². The zero-order valence-corrected chi connectivity index (χ0v) is 12.7. The number of hydrogen-bond donors (Lipinski definition) is 1. The number of H-pyrrole nitrogens is 1. The molecule has 1 aromatic heterocycles. The van der Waals surface area contributed by atoms with Crippen LogP contribution < -0.4 is 10.5 Å². The van der Waals surface area contributed by atoms with E-state index in [1.165, 1.54) is 0 Å². The van der Waals surface area contributed by atoms with E-state index in [9.17, 15) is 9.59 Å². The standard InChI is InChI=1S/C15H23N3O3/c1-3-5-12-10-13(19)17-15(16-12)18-8-6-11(7-9-18)14(20)21-4-2/h10-11H,3-9H2,1-2H3,(H,16,17,19). The predicted octanol–water partition coefficient (Wildman–Crippen LogP) is 1.50. The second kappa shape index (κ2) is 7.24. The number of rotatable bonds is 5. The summed E-state index contributed by atoms with van der Waals surface area (Å²) in [5.74, 6) is 0.471. The number of esters is 1. The molecular weight excluding hydrogens is 270 g/mol. The Labute approximate surface area is 124 Å². The molecule has 0 amide bonds. The first-order valence-electron chi connectivity index (χ1n) is 7.65. The first-order chi connectivity index (χ1) is 10.1. The number of hydrogen-bond acceptors (Lipinski definition) is 5. The van der Waals surface area contributed by atoms with Gasteiger partial charge in [0.25, 0.3) is 5.56 Å². The summed E-state index contributed by atoms with van der Waals surface area (Å²) in [5.41, 5.74) is 0.708. The van der Waals surface area contributed by atoms with Crippen molar-refractivity contribution in [1.29, 1.82) is 0 Å². The summed E-state index contributed by atoms with van der Waals surface area (Å²) in [6.07, 6.45) is 3.23. The molecule has 6 nitrogen and oxygen atoms in total. The van der Waals surface area contributed by atoms with Gasteiger partial charge in [0.05, 0.1) is 12.5 Å². The molecule has 2 heterocycles. The van der Waals surface area contributed by atoms with Crippen LogP contribution in [0.5, 0.6) is 0 Å². The Morgan fingerprint density at radius 2 is 2.14 bits per heavy atom. The molecule has 1 aromatic rings. The van der Waals surface area contributed by atoms with Crippen LogP contribution in [0.15, 0.2) is 10.9 Å². The summed E-state index contributed by atoms with van der Waals surface area (Å²) in [7, 11) is 0. The molecule has 1 saturated heterocycles. The summed E-state index contributed by atoms with van der Waals surface area (Å²) in [4.78, 5) is 32.7. The zero-order chi connectivity index (χ0) is 15.2. The summed E-state index contributed by atoms with van der Waals surface area (Å²) in [6.45, 7) is 5.73. The Hall–Kier alpha value is -1.85. The zero-order valence-electron chi connectivity index (χ0n) is 12.7. The smallest absolute Gasteiger partial charge is 0.309 e. The van der Waals surface area contributed by atoms with Crippen LogP contribution in [0.4, 0.5) is 5.95 Å². The SMILES string of the molecule is CCCc1cc(=O)[nH]c(N2CCC(C(=O)OCC)CC2)n1. The largest absolute Gasteiger partial charge is 0.466 e. The number of carbonyl (C=O) groups excluding carboxylic acids is 1. The van der Waals surface area contributed by atoms with E-state index < -0.39 is 0 Å². The van der Waals surface area contributed by atoms with Crippen LogP contribution >= 0.6 is 0 Å². The molecule has 0 spiro atoms. The van der Waals surface area contributed by atoms with E-state index in [0.717, 1.165) is 31.4 Å². The fraction of sp³-hybridized carbons (Fsp3) is 0.667. The number of aryl methyl sites for hydroxylation is 1. The fourth-order valence-electron chi connectivity index (χ4n) is 2.61. The fourth-order valence-corrected chi connectivity index (χ4v) is 2.61. The lowest BCUT2D eigenvalue weighted by atomic mass is 9.97. The van der Waals surface area contributed by atoms with Crippen molar-refractivity contribution in [2.45, 2.75) is 39.5 Å². The van der Waals surface area contributed by atoms with Gasteiger partial charge in [0.2, 0.25) is 5.95 Å². The highest BCUT2D eigenvalue weighted by Crippen LogP contribution is 2.21. The van der Waals surface area contributed by atoms with Gasteiger partial charge in [0.1, 0.15) is 0 Å². The van der Waals surface area contributed by atoms with Gasteiger partial charge in [-0.2, -0.15) is 0 Å². The Kier molecular flexibility index (Phi) is 5.36. The van der Waals surface area contributed by atoms with Gasteiger partial charge in [-0.25, -0.2) is 4.98 Å². The average Bonchev–Trinajstić information content (AvgIpc) is 2.47. The Bertz CT molecular complexity index is 533. The second-order valence-corrected chi connectivity index (χ2v) is 5.32. The van der Waals surface area contributed by atoms with Crippen LogP contribution in [-0.2, 0) is 16.0 Å². The van der Waals surface area contributed by atoms with Gasteiger partial charge >= 0.3 is 5.97 Å². The molecule has 2 rings (SSSR count). The number of piperidine rings is 1. The van der Waals surface area contributed by atoms with Crippen molar-refractivity contribution in [3.8, 4) is 0 Å². The highest BCUT2D eigenvalue weighted by molar-refractivity contribution is 5.72. The van der Waals surface area contributed by atoms with Crippen LogP contribution in [0, 0.1) is 5.92 Å². The van der Waals surface area contributed by atoms with Crippen LogP contribution in [0.1, 0.15) is 38.8 Å². The topological polar surface area (TPSA) is 75.3 Å². The van der Waals surface area contributed by atoms with Crippen molar-refractivity contribution < 1.29 is 9.53 Å². The predicted molar refractivity (Wildman–Crippen MR) is 80.4 cm³/mol. The molecule has 1 fully saturated rings. The number of anilines is 1. The van der Waals surface area contributed by atoms with Crippen molar-refractivity contribution in [3.63, 3.8) is 0 Å². The van der Waals surface area contributed by atoms with Crippen molar-refractivity contribution in [2.75, 3.05) is 24.6 Å². The third kappa shape index (κ3) is 4.06. The minimum absolute atomic E-state index is 0.0354. The molecular formula is C15H23N3O3. The van der Waals surface area contributed by atoms with Gasteiger partial charge in [-0.3, -0.25) is 14.6 Å². The normalized spacial score (nSPS) is 16.0. The molecule has 0 aromatic carbocycles. The van der Waals surface area contributed by atoms with Crippen molar-refractivity contribution in [2.24, 2.45) is 5.92 Å². The third-order valence-electron chi connectivity index (χ3n) is 3.70. The van der Waals surface area contributed by atoms with Crippen molar-refractivity contribution in [1.82, 2.24) is 9.97 Å². The molecule has 0 bridgehead atoms. The summed E-state index contributed by atoms with van der Waals surface area (Å²) in [5, 5.41) is 0. The molecule has 0 saturated carbocycles. The van der Waals surface area contributed by atoms with Crippen LogP contribution in [0.25, 0.3) is 0 Å². The van der Waals surface area contributed by atoms with Gasteiger partial charge in [-0.1, -0.05) is 13.3 Å². The number of carbonyl (C=O) groups is 1. The van der Waals surface area contributed by atoms with E-state index in [0.29, 0.717) is 25.6 Å². The summed E-state index contributed by atoms with van der Waals surface area (Å²) in [6, 6.07) is 1.55. The van der Waals surface area contributed by atoms with Crippen molar-refractivity contribution >= 4 is 11.9 Å². The quantitative estimate of drug-likeness (QED) is 0.833. The molecule has 0 aliphatic carbocycles. The average molecular weight is 293 g/mol. The van der Waals surface area contributed by atoms with E-state index in [1.54, 1.807) is 6.07 Å². The van der Waals surface area contributed by atoms with Gasteiger partial charge in [0, 0.05) is 24.8 Å². The first-order valence-corrected chi connectivity index (χ1v) is 7.65. The molecule has 0 unspecified atom stereocenters. The lowest BCUT2D eigenvalue weighted by Crippen LogP contribution is -2.38. The van der Waals surface area contributed by atoms with Gasteiger partial charge in [-0.05, 0) is 26.2 Å². The molecule has 21 heavy (non-hydrogen) atoms. The number of ether oxygens (including phenoxy) is 1. The molecule has 0 atom stereocenters. The number of nitrogens with zero attached hydrogens (tertiary/aromatic N) is 2. The lowest BCUT2D eigenvalue weighted by molar-refractivity contribution is -0.148. The Morgan fingerprint density at radius 3 is 2.76 bits per heavy atom. The molecule has 6 heteroatoms. The third-order valence-corrected chi connectivity index (χ3v) is 3.70. The van der Waals surface area contributed by atoms with E-state index in [1.807, 2.05) is 11.8 Å². The summed E-state index contributed by atoms with van der Waals surface area (Å²) < 4.78 is 5.06. The molecule has 1 N–H and O–H groups in total. The maximum atomic E-state index is 11.7. The number of nitrogens with one attached hydrogen (secondary N) is 1. The second-order valence-electron chi connectivity index (χ2n) is 5.32. The molecule has 1 aliphatic rings. The highest BCUT2D eigenvalue weighted by atomic mass is 16.5. The minimum atomic E-state index is -0.115. The van der Waals surface area contributed by atoms with E-state index >= 15 is 0 Å². The number of aromatic amines is 1. The van der Waals surface area contributed by atoms with Gasteiger partial charge in [-0.15, -0.1) is 0 Å². The first kappa shape index (κ1) is 15.5.